The van der Waals surface area contributed by atoms with Gasteiger partial charge < -0.3 is 14.4 Å². The SMILES string of the molecule is CCCCOCC(=O)N(CC)c1cc([N+](=O)[O-])ccc1C(=O)OCC. The molecule has 0 bridgehead atoms. The first kappa shape index (κ1) is 20.6. The number of nitrogens with zero attached hydrogens (tertiary/aromatic N) is 2. The molecule has 0 aliphatic carbocycles. The van der Waals surface area contributed by atoms with Gasteiger partial charge in [0.1, 0.15) is 6.61 Å². The van der Waals surface area contributed by atoms with E-state index in [4.69, 9.17) is 9.47 Å². The molecular weight excluding hydrogens is 328 g/mol. The van der Waals surface area contributed by atoms with Crippen molar-refractivity contribution in [2.24, 2.45) is 0 Å². The van der Waals surface area contributed by atoms with Crippen molar-refractivity contribution >= 4 is 23.3 Å². The molecule has 0 spiro atoms. The third kappa shape index (κ3) is 5.82. The zero-order valence-electron chi connectivity index (χ0n) is 14.8. The summed E-state index contributed by atoms with van der Waals surface area (Å²) < 4.78 is 10.3. The maximum atomic E-state index is 12.4. The minimum atomic E-state index is -0.634. The number of hydrogen-bond donors (Lipinski definition) is 0. The molecule has 0 fully saturated rings. The Morgan fingerprint density at radius 2 is 1.96 bits per heavy atom. The number of carbonyl (C=O) groups excluding carboxylic acids is 2. The number of likely N-dealkylation sites (N-methyl/N-ethyl adjacent to an activating group) is 1. The normalized spacial score (nSPS) is 10.4. The average Bonchev–Trinajstić information content (AvgIpc) is 2.59. The molecule has 0 unspecified atom stereocenters. The van der Waals surface area contributed by atoms with Crippen molar-refractivity contribution in [1.82, 2.24) is 0 Å². The number of non-ortho nitro benzene ring substituents is 1. The molecular formula is C17H24N2O6. The molecule has 0 aliphatic rings. The number of amides is 1. The lowest BCUT2D eigenvalue weighted by molar-refractivity contribution is -0.384. The number of rotatable bonds is 10. The first-order valence-electron chi connectivity index (χ1n) is 8.29. The smallest absolute Gasteiger partial charge is 0.340 e. The van der Waals surface area contributed by atoms with E-state index >= 15 is 0 Å². The number of ether oxygens (including phenoxy) is 2. The summed E-state index contributed by atoms with van der Waals surface area (Å²) in [5.41, 5.74) is 0.0525. The highest BCUT2D eigenvalue weighted by molar-refractivity contribution is 6.03. The monoisotopic (exact) mass is 352 g/mol. The lowest BCUT2D eigenvalue weighted by Gasteiger charge is -2.23. The summed E-state index contributed by atoms with van der Waals surface area (Å²) in [4.78, 5) is 36.3. The van der Waals surface area contributed by atoms with Crippen LogP contribution < -0.4 is 4.90 Å². The van der Waals surface area contributed by atoms with Crippen molar-refractivity contribution in [2.75, 3.05) is 31.3 Å². The fraction of sp³-hybridized carbons (Fsp3) is 0.529. The molecule has 0 aliphatic heterocycles. The van der Waals surface area contributed by atoms with Crippen LogP contribution in [0.25, 0.3) is 0 Å². The summed E-state index contributed by atoms with van der Waals surface area (Å²) in [5, 5.41) is 11.0. The molecule has 25 heavy (non-hydrogen) atoms. The van der Waals surface area contributed by atoms with Crippen LogP contribution in [-0.2, 0) is 14.3 Å². The van der Waals surface area contributed by atoms with Crippen LogP contribution >= 0.6 is 0 Å². The van der Waals surface area contributed by atoms with Crippen molar-refractivity contribution in [3.8, 4) is 0 Å². The van der Waals surface area contributed by atoms with Gasteiger partial charge in [0.05, 0.1) is 22.8 Å². The number of esters is 1. The third-order valence-corrected chi connectivity index (χ3v) is 3.46. The van der Waals surface area contributed by atoms with Crippen LogP contribution in [0.4, 0.5) is 11.4 Å². The van der Waals surface area contributed by atoms with Gasteiger partial charge in [0.15, 0.2) is 0 Å². The van der Waals surface area contributed by atoms with Crippen LogP contribution in [-0.4, -0.2) is 43.2 Å². The molecule has 8 nitrogen and oxygen atoms in total. The van der Waals surface area contributed by atoms with Gasteiger partial charge in [-0.15, -0.1) is 0 Å². The van der Waals surface area contributed by atoms with Gasteiger partial charge in [0.2, 0.25) is 0 Å². The zero-order chi connectivity index (χ0) is 18.8. The van der Waals surface area contributed by atoms with Crippen LogP contribution in [0.3, 0.4) is 0 Å². The molecule has 1 rings (SSSR count). The van der Waals surface area contributed by atoms with E-state index in [0.29, 0.717) is 6.61 Å². The van der Waals surface area contributed by atoms with Crippen molar-refractivity contribution in [3.05, 3.63) is 33.9 Å². The summed E-state index contributed by atoms with van der Waals surface area (Å²) >= 11 is 0. The number of carbonyl (C=O) groups is 2. The second-order valence-corrected chi connectivity index (χ2v) is 5.22. The number of anilines is 1. The molecule has 1 aromatic carbocycles. The second kappa shape index (κ2) is 10.4. The molecule has 1 amide bonds. The lowest BCUT2D eigenvalue weighted by atomic mass is 10.1. The Balaban J connectivity index is 3.13. The highest BCUT2D eigenvalue weighted by Crippen LogP contribution is 2.27. The van der Waals surface area contributed by atoms with Crippen molar-refractivity contribution in [3.63, 3.8) is 0 Å². The fourth-order valence-electron chi connectivity index (χ4n) is 2.20. The molecule has 0 radical (unpaired) electrons. The van der Waals surface area contributed by atoms with E-state index in [0.717, 1.165) is 12.8 Å². The van der Waals surface area contributed by atoms with Gasteiger partial charge in [-0.3, -0.25) is 14.9 Å². The lowest BCUT2D eigenvalue weighted by Crippen LogP contribution is -2.35. The van der Waals surface area contributed by atoms with Gasteiger partial charge in [-0.25, -0.2) is 4.79 Å². The number of hydrogen-bond acceptors (Lipinski definition) is 6. The van der Waals surface area contributed by atoms with E-state index in [1.54, 1.807) is 13.8 Å². The van der Waals surface area contributed by atoms with E-state index in [-0.39, 0.29) is 42.6 Å². The van der Waals surface area contributed by atoms with E-state index in [1.165, 1.54) is 23.1 Å². The maximum absolute atomic E-state index is 12.4. The third-order valence-electron chi connectivity index (χ3n) is 3.46. The molecule has 0 aromatic heterocycles. The molecule has 0 saturated heterocycles. The molecule has 0 atom stereocenters. The van der Waals surface area contributed by atoms with Crippen LogP contribution in [0.15, 0.2) is 18.2 Å². The maximum Gasteiger partial charge on any atom is 0.340 e. The Morgan fingerprint density at radius 1 is 1.24 bits per heavy atom. The highest BCUT2D eigenvalue weighted by atomic mass is 16.6. The van der Waals surface area contributed by atoms with Gasteiger partial charge in [0.25, 0.3) is 11.6 Å². The first-order chi connectivity index (χ1) is 12.0. The van der Waals surface area contributed by atoms with Gasteiger partial charge in [-0.05, 0) is 26.3 Å². The largest absolute Gasteiger partial charge is 0.462 e. The van der Waals surface area contributed by atoms with Crippen LogP contribution in [0.2, 0.25) is 0 Å². The van der Waals surface area contributed by atoms with Gasteiger partial charge >= 0.3 is 5.97 Å². The predicted octanol–water partition coefficient (Wildman–Crippen LogP) is 2.94. The molecule has 1 aromatic rings. The summed E-state index contributed by atoms with van der Waals surface area (Å²) in [7, 11) is 0. The highest BCUT2D eigenvalue weighted by Gasteiger charge is 2.24. The van der Waals surface area contributed by atoms with E-state index in [1.807, 2.05) is 6.92 Å². The molecule has 8 heteroatoms. The van der Waals surface area contributed by atoms with Crippen LogP contribution in [0.1, 0.15) is 44.0 Å². The quantitative estimate of drug-likeness (QED) is 0.278. The van der Waals surface area contributed by atoms with E-state index < -0.39 is 10.9 Å². The summed E-state index contributed by atoms with van der Waals surface area (Å²) in [6.07, 6.45) is 1.79. The second-order valence-electron chi connectivity index (χ2n) is 5.22. The van der Waals surface area contributed by atoms with Crippen LogP contribution in [0, 0.1) is 10.1 Å². The molecule has 0 N–H and O–H groups in total. The Hall–Kier alpha value is -2.48. The Kier molecular flexibility index (Phi) is 8.55. The average molecular weight is 352 g/mol. The Bertz CT molecular complexity index is 617. The number of nitro groups is 1. The summed E-state index contributed by atoms with van der Waals surface area (Å²) in [5.74, 6) is -1.00. The predicted molar refractivity (Wildman–Crippen MR) is 92.8 cm³/mol. The molecule has 138 valence electrons. The van der Waals surface area contributed by atoms with E-state index in [9.17, 15) is 19.7 Å². The molecule has 0 heterocycles. The van der Waals surface area contributed by atoms with Crippen LogP contribution in [0.5, 0.6) is 0 Å². The summed E-state index contributed by atoms with van der Waals surface area (Å²) in [6, 6.07) is 3.73. The Morgan fingerprint density at radius 3 is 2.52 bits per heavy atom. The number of benzene rings is 1. The number of nitro benzene ring substituents is 1. The Labute approximate surface area is 146 Å². The van der Waals surface area contributed by atoms with Gasteiger partial charge in [-0.2, -0.15) is 0 Å². The standard InChI is InChI=1S/C17H24N2O6/c1-4-7-10-24-12-16(20)18(5-2)15-11-13(19(22)23)8-9-14(15)17(21)25-6-3/h8-9,11H,4-7,10,12H2,1-3H3. The minimum Gasteiger partial charge on any atom is -0.462 e. The van der Waals surface area contributed by atoms with E-state index in [2.05, 4.69) is 0 Å². The van der Waals surface area contributed by atoms with Crippen molar-refractivity contribution in [1.29, 1.82) is 0 Å². The summed E-state index contributed by atoms with van der Waals surface area (Å²) in [6.45, 7) is 6.10. The van der Waals surface area contributed by atoms with Crippen molar-refractivity contribution in [2.45, 2.75) is 33.6 Å². The molecule has 0 saturated carbocycles. The first-order valence-corrected chi connectivity index (χ1v) is 8.29. The van der Waals surface area contributed by atoms with Gasteiger partial charge in [0, 0.05) is 25.3 Å². The zero-order valence-corrected chi connectivity index (χ0v) is 14.8. The van der Waals surface area contributed by atoms with Gasteiger partial charge in [-0.1, -0.05) is 13.3 Å². The fourth-order valence-corrected chi connectivity index (χ4v) is 2.20. The minimum absolute atomic E-state index is 0.108. The van der Waals surface area contributed by atoms with Crippen molar-refractivity contribution < 1.29 is 24.0 Å². The topological polar surface area (TPSA) is 99.0 Å². The number of unbranched alkanes of at least 4 members (excludes halogenated alkanes) is 1.